The molecule has 2 rings (SSSR count). The Kier molecular flexibility index (Phi) is 4.19. The molecule has 10 nitrogen and oxygen atoms in total. The monoisotopic (exact) mass is 303 g/mol. The van der Waals surface area contributed by atoms with Gasteiger partial charge in [-0.1, -0.05) is 0 Å². The van der Waals surface area contributed by atoms with Gasteiger partial charge in [-0.3, -0.25) is 14.3 Å². The molecule has 0 spiro atoms. The molecule has 2 heterocycles. The number of H-pyrrole nitrogens is 2. The second-order valence-electron chi connectivity index (χ2n) is 4.17. The van der Waals surface area contributed by atoms with Crippen LogP contribution in [0.5, 0.6) is 0 Å². The number of rotatable bonds is 6. The van der Waals surface area contributed by atoms with E-state index in [-0.39, 0.29) is 29.2 Å². The molecule has 0 amide bonds. The van der Waals surface area contributed by atoms with Crippen molar-refractivity contribution in [2.24, 2.45) is 0 Å². The molecule has 20 heavy (non-hydrogen) atoms. The number of hydrogen-bond donors (Lipinski definition) is 5. The Balaban J connectivity index is 1.95. The van der Waals surface area contributed by atoms with E-state index in [9.17, 15) is 9.36 Å². The van der Waals surface area contributed by atoms with Crippen LogP contribution in [0, 0.1) is 0 Å². The summed E-state index contributed by atoms with van der Waals surface area (Å²) in [7, 11) is -4.18. The van der Waals surface area contributed by atoms with Crippen LogP contribution in [0.1, 0.15) is 6.92 Å². The van der Waals surface area contributed by atoms with Gasteiger partial charge in [0.2, 0.25) is 5.95 Å². The van der Waals surface area contributed by atoms with E-state index < -0.39 is 20.0 Å². The lowest BCUT2D eigenvalue weighted by atomic mass is 10.4. The normalized spacial score (nSPS) is 13.6. The highest BCUT2D eigenvalue weighted by Crippen LogP contribution is 2.34. The first-order valence-electron chi connectivity index (χ1n) is 5.68. The molecule has 0 radical (unpaired) electrons. The standard InChI is InChI=1S/C9H14N5O5P/c1-5(19-4-20(16,17)18)2-10-9-13-7-6(8(15)14-9)11-3-12-7/h3,5H,2,4H2,1H3,(H2,16,17,18)(H3,10,11,12,13,14,15)/t5-/m1/s1. The lowest BCUT2D eigenvalue weighted by Gasteiger charge is -2.14. The number of aromatic nitrogens is 4. The zero-order chi connectivity index (χ0) is 14.8. The third kappa shape index (κ3) is 3.87. The minimum atomic E-state index is -4.18. The number of hydrogen-bond acceptors (Lipinski definition) is 6. The number of aromatic amines is 2. The van der Waals surface area contributed by atoms with E-state index in [0.29, 0.717) is 0 Å². The van der Waals surface area contributed by atoms with Crippen molar-refractivity contribution in [2.45, 2.75) is 13.0 Å². The second kappa shape index (κ2) is 5.71. The molecule has 0 aliphatic carbocycles. The smallest absolute Gasteiger partial charge is 0.350 e. The fraction of sp³-hybridized carbons (Fsp3) is 0.444. The molecule has 0 saturated heterocycles. The van der Waals surface area contributed by atoms with Gasteiger partial charge >= 0.3 is 7.60 Å². The van der Waals surface area contributed by atoms with Gasteiger partial charge in [0.1, 0.15) is 6.35 Å². The molecule has 11 heteroatoms. The Morgan fingerprint density at radius 1 is 1.55 bits per heavy atom. The molecule has 5 N–H and O–H groups in total. The van der Waals surface area contributed by atoms with Crippen molar-refractivity contribution in [3.8, 4) is 0 Å². The maximum Gasteiger partial charge on any atom is 0.350 e. The first kappa shape index (κ1) is 14.7. The molecule has 0 aliphatic rings. The number of nitrogens with one attached hydrogen (secondary N) is 3. The molecule has 0 bridgehead atoms. The third-order valence-corrected chi connectivity index (χ3v) is 2.87. The molecular formula is C9H14N5O5P. The van der Waals surface area contributed by atoms with Gasteiger partial charge in [-0.15, -0.1) is 0 Å². The quantitative estimate of drug-likeness (QED) is 0.452. The number of ether oxygens (including phenoxy) is 1. The number of imidazole rings is 1. The van der Waals surface area contributed by atoms with Crippen molar-refractivity contribution >= 4 is 24.7 Å². The maximum absolute atomic E-state index is 11.6. The van der Waals surface area contributed by atoms with Crippen molar-refractivity contribution in [3.05, 3.63) is 16.7 Å². The minimum absolute atomic E-state index is 0.209. The molecule has 0 saturated carbocycles. The van der Waals surface area contributed by atoms with Crippen LogP contribution >= 0.6 is 7.60 Å². The van der Waals surface area contributed by atoms with Crippen molar-refractivity contribution in [1.29, 1.82) is 0 Å². The van der Waals surface area contributed by atoms with Crippen LogP contribution in [-0.2, 0) is 9.30 Å². The summed E-state index contributed by atoms with van der Waals surface area (Å²) in [5, 5.41) is 2.80. The molecule has 0 aromatic carbocycles. The van der Waals surface area contributed by atoms with Gasteiger partial charge in [0, 0.05) is 6.54 Å². The van der Waals surface area contributed by atoms with E-state index in [0.717, 1.165) is 0 Å². The first-order valence-corrected chi connectivity index (χ1v) is 7.48. The van der Waals surface area contributed by atoms with Crippen molar-refractivity contribution in [3.63, 3.8) is 0 Å². The summed E-state index contributed by atoms with van der Waals surface area (Å²) in [5.41, 5.74) is 0.195. The van der Waals surface area contributed by atoms with E-state index in [1.165, 1.54) is 6.33 Å². The van der Waals surface area contributed by atoms with Crippen LogP contribution in [0.4, 0.5) is 5.95 Å². The molecule has 0 fully saturated rings. The zero-order valence-electron chi connectivity index (χ0n) is 10.5. The molecule has 0 aliphatic heterocycles. The second-order valence-corrected chi connectivity index (χ2v) is 5.76. The molecule has 2 aromatic rings. The van der Waals surface area contributed by atoms with Crippen LogP contribution in [0.25, 0.3) is 11.2 Å². The highest BCUT2D eigenvalue weighted by Gasteiger charge is 2.15. The van der Waals surface area contributed by atoms with Gasteiger partial charge in [-0.2, -0.15) is 4.98 Å². The summed E-state index contributed by atoms with van der Waals surface area (Å²) in [6.45, 7) is 1.85. The average molecular weight is 303 g/mol. The summed E-state index contributed by atoms with van der Waals surface area (Å²) >= 11 is 0. The number of nitrogens with zero attached hydrogens (tertiary/aromatic N) is 2. The Hall–Kier alpha value is -1.74. The Labute approximate surface area is 112 Å². The Morgan fingerprint density at radius 3 is 3.00 bits per heavy atom. The zero-order valence-corrected chi connectivity index (χ0v) is 11.4. The van der Waals surface area contributed by atoms with Crippen LogP contribution in [0.15, 0.2) is 11.1 Å². The SMILES string of the molecule is C[C@H](CNc1nc2nc[nH]c2c(=O)[nH]1)OCP(=O)(O)O. The van der Waals surface area contributed by atoms with Gasteiger partial charge in [-0.25, -0.2) is 4.98 Å². The van der Waals surface area contributed by atoms with Gasteiger partial charge in [0.25, 0.3) is 5.56 Å². The summed E-state index contributed by atoms with van der Waals surface area (Å²) in [4.78, 5) is 42.1. The number of anilines is 1. The van der Waals surface area contributed by atoms with Crippen LogP contribution < -0.4 is 10.9 Å². The van der Waals surface area contributed by atoms with Crippen LogP contribution in [0.2, 0.25) is 0 Å². The highest BCUT2D eigenvalue weighted by molar-refractivity contribution is 7.51. The van der Waals surface area contributed by atoms with Gasteiger partial charge in [0.15, 0.2) is 11.2 Å². The lowest BCUT2D eigenvalue weighted by Crippen LogP contribution is -2.23. The lowest BCUT2D eigenvalue weighted by molar-refractivity contribution is 0.0972. The third-order valence-electron chi connectivity index (χ3n) is 2.38. The largest absolute Gasteiger partial charge is 0.364 e. The molecule has 2 aromatic heterocycles. The highest BCUT2D eigenvalue weighted by atomic mass is 31.2. The van der Waals surface area contributed by atoms with E-state index in [2.05, 4.69) is 25.3 Å². The van der Waals surface area contributed by atoms with E-state index in [1.54, 1.807) is 6.92 Å². The van der Waals surface area contributed by atoms with Gasteiger partial charge < -0.3 is 24.8 Å². The van der Waals surface area contributed by atoms with Gasteiger partial charge in [-0.05, 0) is 6.92 Å². The predicted octanol–water partition coefficient (Wildman–Crippen LogP) is -0.402. The summed E-state index contributed by atoms with van der Waals surface area (Å²) in [6.07, 6.45) is 0.239. The molecule has 110 valence electrons. The van der Waals surface area contributed by atoms with Crippen LogP contribution in [0.3, 0.4) is 0 Å². The van der Waals surface area contributed by atoms with Crippen LogP contribution in [-0.4, -0.2) is 48.7 Å². The molecule has 1 atom stereocenters. The van der Waals surface area contributed by atoms with Gasteiger partial charge in [0.05, 0.1) is 12.4 Å². The van der Waals surface area contributed by atoms with Crippen molar-refractivity contribution in [1.82, 2.24) is 19.9 Å². The van der Waals surface area contributed by atoms with E-state index in [1.807, 2.05) is 0 Å². The van der Waals surface area contributed by atoms with E-state index >= 15 is 0 Å². The molecular weight excluding hydrogens is 289 g/mol. The Morgan fingerprint density at radius 2 is 2.30 bits per heavy atom. The van der Waals surface area contributed by atoms with Crippen molar-refractivity contribution in [2.75, 3.05) is 18.2 Å². The predicted molar refractivity (Wildman–Crippen MR) is 70.5 cm³/mol. The maximum atomic E-state index is 11.6. The van der Waals surface area contributed by atoms with Crippen molar-refractivity contribution < 1.29 is 19.1 Å². The summed E-state index contributed by atoms with van der Waals surface area (Å²) < 4.78 is 15.6. The fourth-order valence-corrected chi connectivity index (χ4v) is 1.90. The fourth-order valence-electron chi connectivity index (χ4n) is 1.45. The summed E-state index contributed by atoms with van der Waals surface area (Å²) in [5.74, 6) is 0.209. The first-order chi connectivity index (χ1) is 9.35. The minimum Gasteiger partial charge on any atom is -0.364 e. The topological polar surface area (TPSA) is 153 Å². The van der Waals surface area contributed by atoms with E-state index in [4.69, 9.17) is 14.5 Å². The number of fused-ring (bicyclic) bond motifs is 1. The molecule has 0 unspecified atom stereocenters. The Bertz CT molecular complexity index is 691. The summed E-state index contributed by atoms with van der Waals surface area (Å²) in [6, 6.07) is 0. The average Bonchev–Trinajstić information content (AvgIpc) is 2.81.